The van der Waals surface area contributed by atoms with E-state index in [0.29, 0.717) is 12.2 Å². The van der Waals surface area contributed by atoms with Crippen LogP contribution in [0.25, 0.3) is 0 Å². The van der Waals surface area contributed by atoms with Gasteiger partial charge in [0.1, 0.15) is 0 Å². The molecule has 2 nitrogen and oxygen atoms in total. The summed E-state index contributed by atoms with van der Waals surface area (Å²) in [7, 11) is -2.76. The largest absolute Gasteiger partial charge is 0.393 e. The van der Waals surface area contributed by atoms with Crippen LogP contribution in [0.15, 0.2) is 24.3 Å². The summed E-state index contributed by atoms with van der Waals surface area (Å²) in [6, 6.07) is 12.7. The third kappa shape index (κ3) is 5.68. The summed E-state index contributed by atoms with van der Waals surface area (Å²) in [6.45, 7) is 10.2. The van der Waals surface area contributed by atoms with Crippen molar-refractivity contribution in [2.24, 2.45) is 11.8 Å². The second-order valence-electron chi connectivity index (χ2n) is 12.0. The van der Waals surface area contributed by atoms with Crippen molar-refractivity contribution in [2.75, 3.05) is 0 Å². The molecular formula is C26H44O2Si2. The molecule has 2 aliphatic carbocycles. The first kappa shape index (κ1) is 22.8. The van der Waals surface area contributed by atoms with E-state index in [4.69, 9.17) is 4.74 Å². The number of hydrogen-bond acceptors (Lipinski definition) is 2. The highest BCUT2D eigenvalue weighted by Gasteiger charge is 2.44. The summed E-state index contributed by atoms with van der Waals surface area (Å²) < 4.78 is 5.74. The molecule has 0 amide bonds. The first-order valence-electron chi connectivity index (χ1n) is 12.7. The van der Waals surface area contributed by atoms with Gasteiger partial charge in [0.05, 0.1) is 34.5 Å². The molecule has 1 aromatic rings. The van der Waals surface area contributed by atoms with E-state index in [-0.39, 0.29) is 6.10 Å². The van der Waals surface area contributed by atoms with E-state index in [1.54, 1.807) is 10.4 Å². The molecule has 0 spiro atoms. The zero-order valence-corrected chi connectivity index (χ0v) is 21.8. The maximum absolute atomic E-state index is 9.98. The standard InChI is InChI=1S/C26H44O2Si2/c1-29(2,16-14-20-6-5-7-22(27)18-20)23-9-11-24(12-10-23)30(3,4)17-15-21-8-13-25-26(19-21)28-25/h9-12,20-22,25-27H,5-8,13-19H2,1-4H3. The van der Waals surface area contributed by atoms with E-state index in [9.17, 15) is 5.11 Å². The van der Waals surface area contributed by atoms with Crippen LogP contribution >= 0.6 is 0 Å². The van der Waals surface area contributed by atoms with Crippen molar-refractivity contribution >= 4 is 26.5 Å². The lowest BCUT2D eigenvalue weighted by molar-refractivity contribution is 0.0998. The van der Waals surface area contributed by atoms with Gasteiger partial charge in [-0.1, -0.05) is 98.6 Å². The van der Waals surface area contributed by atoms with Crippen molar-refractivity contribution < 1.29 is 9.84 Å². The molecule has 0 aromatic heterocycles. The Morgan fingerprint density at radius 3 is 1.87 bits per heavy atom. The van der Waals surface area contributed by atoms with Gasteiger partial charge in [-0.3, -0.25) is 0 Å². The Bertz CT molecular complexity index is 658. The minimum absolute atomic E-state index is 0.0353. The predicted octanol–water partition coefficient (Wildman–Crippen LogP) is 5.42. The Balaban J connectivity index is 1.30. The number of aliphatic hydroxyl groups is 1. The molecule has 5 unspecified atom stereocenters. The topological polar surface area (TPSA) is 32.8 Å². The first-order valence-corrected chi connectivity index (χ1v) is 19.1. The van der Waals surface area contributed by atoms with Crippen molar-refractivity contribution in [2.45, 2.75) is 114 Å². The molecule has 4 rings (SSSR count). The maximum atomic E-state index is 9.98. The number of benzene rings is 1. The highest BCUT2D eigenvalue weighted by Crippen LogP contribution is 2.41. The smallest absolute Gasteiger partial charge is 0.0844 e. The van der Waals surface area contributed by atoms with Crippen molar-refractivity contribution in [3.05, 3.63) is 24.3 Å². The molecule has 168 valence electrons. The molecule has 1 saturated heterocycles. The van der Waals surface area contributed by atoms with Gasteiger partial charge >= 0.3 is 0 Å². The molecular weight excluding hydrogens is 400 g/mol. The average molecular weight is 445 g/mol. The fraction of sp³-hybridized carbons (Fsp3) is 0.769. The molecule has 1 aromatic carbocycles. The third-order valence-electron chi connectivity index (χ3n) is 8.67. The molecule has 3 aliphatic rings. The number of epoxide rings is 1. The highest BCUT2D eigenvalue weighted by atomic mass is 28.3. The summed E-state index contributed by atoms with van der Waals surface area (Å²) in [4.78, 5) is 0. The molecule has 1 N–H and O–H groups in total. The number of ether oxygens (including phenoxy) is 1. The monoisotopic (exact) mass is 444 g/mol. The Labute approximate surface area is 186 Å². The lowest BCUT2D eigenvalue weighted by Gasteiger charge is -2.31. The quantitative estimate of drug-likeness (QED) is 0.429. The summed E-state index contributed by atoms with van der Waals surface area (Å²) in [5.41, 5.74) is 0. The van der Waals surface area contributed by atoms with Crippen LogP contribution in [0.3, 0.4) is 0 Å². The zero-order chi connectivity index (χ0) is 21.4. The SMILES string of the molecule is C[Si](C)(CCC1CCCC(O)C1)c1ccc([Si](C)(C)CCC2CCC3OC3C2)cc1. The number of hydrogen-bond donors (Lipinski definition) is 1. The van der Waals surface area contributed by atoms with Gasteiger partial charge in [-0.15, -0.1) is 0 Å². The predicted molar refractivity (Wildman–Crippen MR) is 133 cm³/mol. The summed E-state index contributed by atoms with van der Waals surface area (Å²) in [5, 5.41) is 13.2. The van der Waals surface area contributed by atoms with Gasteiger partial charge < -0.3 is 9.84 Å². The normalized spacial score (nSPS) is 32.0. The Morgan fingerprint density at radius 2 is 1.33 bits per heavy atom. The van der Waals surface area contributed by atoms with Gasteiger partial charge in [-0.05, 0) is 43.9 Å². The second kappa shape index (κ2) is 9.21. The molecule has 1 heterocycles. The molecule has 2 saturated carbocycles. The number of fused-ring (bicyclic) bond motifs is 1. The van der Waals surface area contributed by atoms with Crippen LogP contribution in [-0.4, -0.2) is 39.6 Å². The molecule has 4 heteroatoms. The lowest BCUT2D eigenvalue weighted by Crippen LogP contribution is -2.45. The minimum Gasteiger partial charge on any atom is -0.393 e. The van der Waals surface area contributed by atoms with E-state index in [2.05, 4.69) is 50.5 Å². The molecule has 5 atom stereocenters. The van der Waals surface area contributed by atoms with Crippen LogP contribution in [0.2, 0.25) is 38.3 Å². The number of rotatable bonds is 8. The van der Waals surface area contributed by atoms with Crippen LogP contribution in [0, 0.1) is 11.8 Å². The summed E-state index contributed by atoms with van der Waals surface area (Å²) in [6.07, 6.45) is 12.6. The van der Waals surface area contributed by atoms with Gasteiger partial charge in [-0.2, -0.15) is 0 Å². The van der Waals surface area contributed by atoms with Crippen LogP contribution < -0.4 is 10.4 Å². The van der Waals surface area contributed by atoms with Crippen LogP contribution in [0.4, 0.5) is 0 Å². The zero-order valence-electron chi connectivity index (χ0n) is 19.8. The maximum Gasteiger partial charge on any atom is 0.0844 e. The summed E-state index contributed by atoms with van der Waals surface area (Å²) in [5.74, 6) is 1.66. The van der Waals surface area contributed by atoms with Gasteiger partial charge in [0, 0.05) is 0 Å². The molecule has 0 radical (unpaired) electrons. The lowest BCUT2D eigenvalue weighted by atomic mass is 9.86. The fourth-order valence-electron chi connectivity index (χ4n) is 6.06. The van der Waals surface area contributed by atoms with Crippen molar-refractivity contribution in [1.29, 1.82) is 0 Å². The highest BCUT2D eigenvalue weighted by molar-refractivity contribution is 6.91. The average Bonchev–Trinajstić information content (AvgIpc) is 3.50. The van der Waals surface area contributed by atoms with Crippen molar-refractivity contribution in [3.8, 4) is 0 Å². The van der Waals surface area contributed by atoms with E-state index >= 15 is 0 Å². The minimum atomic E-state index is -1.40. The van der Waals surface area contributed by atoms with Crippen LogP contribution in [-0.2, 0) is 4.74 Å². The van der Waals surface area contributed by atoms with E-state index in [0.717, 1.165) is 24.7 Å². The van der Waals surface area contributed by atoms with Gasteiger partial charge in [-0.25, -0.2) is 0 Å². The Hall–Kier alpha value is -0.426. The van der Waals surface area contributed by atoms with Gasteiger partial charge in [0.15, 0.2) is 0 Å². The Morgan fingerprint density at radius 1 is 0.767 bits per heavy atom. The van der Waals surface area contributed by atoms with Crippen molar-refractivity contribution in [3.63, 3.8) is 0 Å². The van der Waals surface area contributed by atoms with E-state index in [1.165, 1.54) is 57.0 Å². The molecule has 1 aliphatic heterocycles. The third-order valence-corrected chi connectivity index (χ3v) is 15.5. The van der Waals surface area contributed by atoms with E-state index < -0.39 is 16.1 Å². The fourth-order valence-corrected chi connectivity index (χ4v) is 11.0. The van der Waals surface area contributed by atoms with Crippen LogP contribution in [0.1, 0.15) is 57.8 Å². The molecule has 0 bridgehead atoms. The second-order valence-corrected chi connectivity index (χ2v) is 21.7. The molecule has 3 fully saturated rings. The van der Waals surface area contributed by atoms with E-state index in [1.807, 2.05) is 0 Å². The summed E-state index contributed by atoms with van der Waals surface area (Å²) >= 11 is 0. The molecule has 30 heavy (non-hydrogen) atoms. The van der Waals surface area contributed by atoms with Crippen molar-refractivity contribution in [1.82, 2.24) is 0 Å². The van der Waals surface area contributed by atoms with Gasteiger partial charge in [0.2, 0.25) is 0 Å². The number of aliphatic hydroxyl groups excluding tert-OH is 1. The Kier molecular flexibility index (Phi) is 6.98. The van der Waals surface area contributed by atoms with Crippen LogP contribution in [0.5, 0.6) is 0 Å². The first-order chi connectivity index (χ1) is 14.2. The van der Waals surface area contributed by atoms with Gasteiger partial charge in [0.25, 0.3) is 0 Å².